The molecule has 4 nitrogen and oxygen atoms in total. The Balaban J connectivity index is 2.13. The smallest absolute Gasteiger partial charge is 0.156 e. The highest BCUT2D eigenvalue weighted by Crippen LogP contribution is 2.56. The Morgan fingerprint density at radius 3 is 2.91 bits per heavy atom. The summed E-state index contributed by atoms with van der Waals surface area (Å²) >= 11 is 12.8. The van der Waals surface area contributed by atoms with E-state index in [1.54, 1.807) is 12.1 Å². The second-order valence-electron chi connectivity index (χ2n) is 5.76. The number of nitrogens with one attached hydrogen (secondary N) is 1. The zero-order valence-corrected chi connectivity index (χ0v) is 14.3. The van der Waals surface area contributed by atoms with Gasteiger partial charge in [0.25, 0.3) is 0 Å². The van der Waals surface area contributed by atoms with E-state index < -0.39 is 5.60 Å². The summed E-state index contributed by atoms with van der Waals surface area (Å²) in [6.45, 7) is 2.19. The van der Waals surface area contributed by atoms with Gasteiger partial charge in [-0.25, -0.2) is 0 Å². The minimum absolute atomic E-state index is 0.0829. The van der Waals surface area contributed by atoms with Crippen LogP contribution in [0.4, 0.5) is 0 Å². The summed E-state index contributed by atoms with van der Waals surface area (Å²) in [7, 11) is 0. The number of rotatable bonds is 5. The van der Waals surface area contributed by atoms with Crippen LogP contribution in [-0.2, 0) is 4.79 Å². The van der Waals surface area contributed by atoms with E-state index in [1.807, 2.05) is 0 Å². The first-order valence-corrected chi connectivity index (χ1v) is 8.36. The molecule has 2 aliphatic rings. The van der Waals surface area contributed by atoms with Crippen LogP contribution in [0.15, 0.2) is 12.1 Å². The van der Waals surface area contributed by atoms with Crippen LogP contribution in [0, 0.1) is 5.41 Å². The van der Waals surface area contributed by atoms with Crippen molar-refractivity contribution in [2.45, 2.75) is 38.2 Å². The zero-order chi connectivity index (χ0) is 16.6. The molecule has 1 heterocycles. The third kappa shape index (κ3) is 2.64. The van der Waals surface area contributed by atoms with Crippen molar-refractivity contribution < 1.29 is 14.3 Å². The number of ether oxygens (including phenoxy) is 2. The average molecular weight is 354 g/mol. The van der Waals surface area contributed by atoms with Gasteiger partial charge in [0.15, 0.2) is 5.78 Å². The summed E-state index contributed by atoms with van der Waals surface area (Å²) in [5.41, 5.74) is 1.02. The molecule has 0 spiro atoms. The summed E-state index contributed by atoms with van der Waals surface area (Å²) < 4.78 is 11.7. The molecule has 0 radical (unpaired) electrons. The molecule has 1 N–H and O–H groups in total. The van der Waals surface area contributed by atoms with Crippen molar-refractivity contribution >= 4 is 40.8 Å². The maximum atomic E-state index is 11.9. The molecular formula is C17H17Cl2NO3. The lowest BCUT2D eigenvalue weighted by Gasteiger charge is -2.32. The van der Waals surface area contributed by atoms with E-state index in [0.29, 0.717) is 34.9 Å². The maximum absolute atomic E-state index is 11.9. The van der Waals surface area contributed by atoms with Gasteiger partial charge in [-0.05, 0) is 18.9 Å². The lowest BCUT2D eigenvalue weighted by Crippen LogP contribution is -2.36. The maximum Gasteiger partial charge on any atom is 0.156 e. The fourth-order valence-electron chi connectivity index (χ4n) is 3.30. The Hall–Kier alpha value is -1.52. The van der Waals surface area contributed by atoms with Gasteiger partial charge in [0.05, 0.1) is 5.02 Å². The number of hydrogen-bond donors (Lipinski definition) is 1. The van der Waals surface area contributed by atoms with Crippen LogP contribution in [0.2, 0.25) is 10.0 Å². The number of carbonyl (C=O) groups is 1. The fourth-order valence-corrected chi connectivity index (χ4v) is 3.80. The van der Waals surface area contributed by atoms with Gasteiger partial charge < -0.3 is 14.9 Å². The number of carbonyl (C=O) groups excluding carboxylic acids is 1. The van der Waals surface area contributed by atoms with Crippen LogP contribution in [-0.4, -0.2) is 24.2 Å². The van der Waals surface area contributed by atoms with Gasteiger partial charge in [-0.2, -0.15) is 0 Å². The van der Waals surface area contributed by atoms with Crippen molar-refractivity contribution in [1.82, 2.24) is 0 Å². The van der Waals surface area contributed by atoms with Crippen molar-refractivity contribution in [2.24, 2.45) is 0 Å². The monoisotopic (exact) mass is 353 g/mol. The van der Waals surface area contributed by atoms with Gasteiger partial charge in [-0.3, -0.25) is 4.79 Å². The number of hydrogen-bond acceptors (Lipinski definition) is 4. The molecule has 0 bridgehead atoms. The largest absolute Gasteiger partial charge is 0.486 e. The first kappa shape index (κ1) is 16.3. The molecular weight excluding hydrogens is 337 g/mol. The Bertz CT molecular complexity index is 714. The molecule has 1 atom stereocenters. The van der Waals surface area contributed by atoms with Crippen molar-refractivity contribution in [2.75, 3.05) is 6.61 Å². The van der Waals surface area contributed by atoms with Crippen LogP contribution in [0.1, 0.15) is 38.2 Å². The Morgan fingerprint density at radius 1 is 1.43 bits per heavy atom. The average Bonchev–Trinajstić information content (AvgIpc) is 2.83. The number of allylic oxidation sites excluding steroid dienone is 1. The van der Waals surface area contributed by atoms with Crippen molar-refractivity contribution in [3.63, 3.8) is 0 Å². The molecule has 122 valence electrons. The Labute approximate surface area is 144 Å². The highest BCUT2D eigenvalue weighted by molar-refractivity contribution is 6.44. The normalized spacial score (nSPS) is 22.0. The summed E-state index contributed by atoms with van der Waals surface area (Å²) in [5, 5.41) is 7.68. The number of fused-ring (bicyclic) bond motifs is 3. The predicted molar refractivity (Wildman–Crippen MR) is 91.2 cm³/mol. The summed E-state index contributed by atoms with van der Waals surface area (Å²) in [6.07, 6.45) is 5.64. The SMILES string of the molecule is CCCC12CCC(=O)C=C1c1c(cc(OCC=N)c(Cl)c1Cl)O2. The third-order valence-corrected chi connectivity index (χ3v) is 5.11. The zero-order valence-electron chi connectivity index (χ0n) is 12.7. The van der Waals surface area contributed by atoms with E-state index in [1.165, 1.54) is 0 Å². The second kappa shape index (κ2) is 6.17. The molecule has 23 heavy (non-hydrogen) atoms. The van der Waals surface area contributed by atoms with E-state index in [9.17, 15) is 4.79 Å². The van der Waals surface area contributed by atoms with Gasteiger partial charge in [-0.1, -0.05) is 36.5 Å². The second-order valence-corrected chi connectivity index (χ2v) is 6.52. The van der Waals surface area contributed by atoms with Gasteiger partial charge in [-0.15, -0.1) is 0 Å². The van der Waals surface area contributed by atoms with Crippen LogP contribution in [0.3, 0.4) is 0 Å². The molecule has 6 heteroatoms. The van der Waals surface area contributed by atoms with E-state index >= 15 is 0 Å². The molecule has 0 saturated carbocycles. The predicted octanol–water partition coefficient (Wildman–Crippen LogP) is 4.70. The first-order chi connectivity index (χ1) is 11.0. The van der Waals surface area contributed by atoms with Crippen LogP contribution in [0.25, 0.3) is 5.57 Å². The highest BCUT2D eigenvalue weighted by atomic mass is 35.5. The quantitative estimate of drug-likeness (QED) is 0.780. The molecule has 1 aromatic carbocycles. The van der Waals surface area contributed by atoms with E-state index in [2.05, 4.69) is 6.92 Å². The topological polar surface area (TPSA) is 59.4 Å². The molecule has 0 aromatic heterocycles. The van der Waals surface area contributed by atoms with Gasteiger partial charge in [0, 0.05) is 29.8 Å². The Kier molecular flexibility index (Phi) is 4.39. The van der Waals surface area contributed by atoms with E-state index in [0.717, 1.165) is 24.6 Å². The van der Waals surface area contributed by atoms with E-state index in [4.69, 9.17) is 38.1 Å². The summed E-state index contributed by atoms with van der Waals surface area (Å²) in [4.78, 5) is 11.9. The molecule has 0 fully saturated rings. The van der Waals surface area contributed by atoms with Gasteiger partial charge in [0.2, 0.25) is 0 Å². The van der Waals surface area contributed by atoms with Crippen LogP contribution >= 0.6 is 23.2 Å². The number of ketones is 1. The molecule has 1 aliphatic heterocycles. The highest BCUT2D eigenvalue weighted by Gasteiger charge is 2.47. The molecule has 0 saturated heterocycles. The van der Waals surface area contributed by atoms with Crippen molar-refractivity contribution in [3.8, 4) is 11.5 Å². The minimum Gasteiger partial charge on any atom is -0.486 e. The lowest BCUT2D eigenvalue weighted by atomic mass is 9.78. The third-order valence-electron chi connectivity index (χ3n) is 4.26. The lowest BCUT2D eigenvalue weighted by molar-refractivity contribution is -0.115. The molecule has 1 aromatic rings. The van der Waals surface area contributed by atoms with Crippen LogP contribution < -0.4 is 9.47 Å². The van der Waals surface area contributed by atoms with Crippen LogP contribution in [0.5, 0.6) is 11.5 Å². The van der Waals surface area contributed by atoms with Gasteiger partial charge in [0.1, 0.15) is 28.7 Å². The summed E-state index contributed by atoms with van der Waals surface area (Å²) in [6, 6.07) is 1.70. The number of benzene rings is 1. The fraction of sp³-hybridized carbons (Fsp3) is 0.412. The molecule has 1 aliphatic carbocycles. The number of halogens is 2. The van der Waals surface area contributed by atoms with Crippen molar-refractivity contribution in [3.05, 3.63) is 27.8 Å². The Morgan fingerprint density at radius 2 is 2.22 bits per heavy atom. The molecule has 0 amide bonds. The minimum atomic E-state index is -0.502. The summed E-state index contributed by atoms with van der Waals surface area (Å²) in [5.74, 6) is 1.06. The standard InChI is InChI=1S/C17H17Cl2NO3/c1-2-4-17-5-3-10(21)8-11(17)14-12(23-17)9-13(22-7-6-20)15(18)16(14)19/h6,8-9,20H,2-5,7H2,1H3. The van der Waals surface area contributed by atoms with Crippen molar-refractivity contribution in [1.29, 1.82) is 5.41 Å². The first-order valence-electron chi connectivity index (χ1n) is 7.60. The molecule has 1 unspecified atom stereocenters. The van der Waals surface area contributed by atoms with E-state index in [-0.39, 0.29) is 17.4 Å². The van der Waals surface area contributed by atoms with Gasteiger partial charge >= 0.3 is 0 Å². The molecule has 3 rings (SSSR count).